The number of rotatable bonds is 5. The molecular weight excluding hydrogens is 230 g/mol. The van der Waals surface area contributed by atoms with Crippen molar-refractivity contribution in [2.24, 2.45) is 5.73 Å². The fourth-order valence-electron chi connectivity index (χ4n) is 1.72. The summed E-state index contributed by atoms with van der Waals surface area (Å²) in [5.74, 6) is 0. The second kappa shape index (κ2) is 5.89. The van der Waals surface area contributed by atoms with Crippen LogP contribution in [0.3, 0.4) is 0 Å². The summed E-state index contributed by atoms with van der Waals surface area (Å²) < 4.78 is 0. The quantitative estimate of drug-likeness (QED) is 0.882. The summed E-state index contributed by atoms with van der Waals surface area (Å²) >= 11 is 1.70. The van der Waals surface area contributed by atoms with Crippen LogP contribution in [0.25, 0.3) is 0 Å². The van der Waals surface area contributed by atoms with Crippen molar-refractivity contribution in [1.82, 2.24) is 9.97 Å². The smallest absolute Gasteiger partial charge is 0.0943 e. The number of hydrogen-bond acceptors (Lipinski definition) is 4. The number of aromatic nitrogens is 2. The lowest BCUT2D eigenvalue weighted by Crippen LogP contribution is -2.23. The maximum atomic E-state index is 6.11. The molecule has 17 heavy (non-hydrogen) atoms. The van der Waals surface area contributed by atoms with Gasteiger partial charge in [-0.2, -0.15) is 0 Å². The first-order valence-electron chi connectivity index (χ1n) is 5.79. The van der Waals surface area contributed by atoms with Crippen LogP contribution in [-0.4, -0.2) is 16.0 Å². The van der Waals surface area contributed by atoms with E-state index in [9.17, 15) is 0 Å². The third-order valence-electron chi connectivity index (χ3n) is 2.66. The van der Waals surface area contributed by atoms with Crippen molar-refractivity contribution < 1.29 is 0 Å². The van der Waals surface area contributed by atoms with E-state index in [0.717, 1.165) is 30.0 Å². The minimum absolute atomic E-state index is 0.189. The van der Waals surface area contributed by atoms with Crippen LogP contribution in [-0.2, 0) is 12.8 Å². The van der Waals surface area contributed by atoms with Gasteiger partial charge in [-0.1, -0.05) is 0 Å². The van der Waals surface area contributed by atoms with Gasteiger partial charge in [0.05, 0.1) is 5.01 Å². The Hall–Kier alpha value is -1.26. The summed E-state index contributed by atoms with van der Waals surface area (Å²) in [5, 5.41) is 3.22. The van der Waals surface area contributed by atoms with Gasteiger partial charge in [-0.25, -0.2) is 4.98 Å². The number of hydrogen-bond donors (Lipinski definition) is 1. The van der Waals surface area contributed by atoms with Gasteiger partial charge >= 0.3 is 0 Å². The Morgan fingerprint density at radius 1 is 1.35 bits per heavy atom. The van der Waals surface area contributed by atoms with Gasteiger partial charge in [0.15, 0.2) is 0 Å². The van der Waals surface area contributed by atoms with Gasteiger partial charge in [-0.05, 0) is 37.5 Å². The largest absolute Gasteiger partial charge is 0.327 e. The molecular formula is C13H17N3S. The molecule has 2 N–H and O–H groups in total. The average molecular weight is 247 g/mol. The maximum Gasteiger partial charge on any atom is 0.0943 e. The predicted octanol–water partition coefficient (Wildman–Crippen LogP) is 2.35. The highest BCUT2D eigenvalue weighted by atomic mass is 32.1. The van der Waals surface area contributed by atoms with Crippen LogP contribution in [0.1, 0.15) is 22.7 Å². The Kier molecular flexibility index (Phi) is 4.23. The van der Waals surface area contributed by atoms with Crippen LogP contribution in [0.5, 0.6) is 0 Å². The first-order chi connectivity index (χ1) is 8.24. The lowest BCUT2D eigenvalue weighted by atomic mass is 10.1. The zero-order valence-corrected chi connectivity index (χ0v) is 10.8. The monoisotopic (exact) mass is 247 g/mol. The Balaban J connectivity index is 1.80. The molecule has 1 atom stereocenters. The Bertz CT molecular complexity index is 453. The van der Waals surface area contributed by atoms with Crippen LogP contribution in [0, 0.1) is 6.92 Å². The van der Waals surface area contributed by atoms with E-state index in [0.29, 0.717) is 0 Å². The van der Waals surface area contributed by atoms with E-state index < -0.39 is 0 Å². The van der Waals surface area contributed by atoms with Gasteiger partial charge in [0.2, 0.25) is 0 Å². The number of pyridine rings is 1. The highest BCUT2D eigenvalue weighted by Crippen LogP contribution is 2.12. The molecule has 0 saturated heterocycles. The maximum absolute atomic E-state index is 6.11. The molecule has 0 bridgehead atoms. The zero-order valence-electron chi connectivity index (χ0n) is 9.97. The molecule has 0 aromatic carbocycles. The van der Waals surface area contributed by atoms with Crippen molar-refractivity contribution >= 4 is 11.3 Å². The number of nitrogens with zero attached hydrogens (tertiary/aromatic N) is 2. The molecule has 0 aliphatic carbocycles. The molecule has 0 amide bonds. The third-order valence-corrected chi connectivity index (χ3v) is 3.65. The molecule has 1 unspecified atom stereocenters. The van der Waals surface area contributed by atoms with Crippen LogP contribution >= 0.6 is 11.3 Å². The van der Waals surface area contributed by atoms with Crippen molar-refractivity contribution in [2.45, 2.75) is 32.2 Å². The summed E-state index contributed by atoms with van der Waals surface area (Å²) in [5.41, 5.74) is 8.50. The van der Waals surface area contributed by atoms with Crippen molar-refractivity contribution in [3.8, 4) is 0 Å². The summed E-state index contributed by atoms with van der Waals surface area (Å²) in [4.78, 5) is 8.44. The van der Waals surface area contributed by atoms with Gasteiger partial charge < -0.3 is 5.73 Å². The van der Waals surface area contributed by atoms with Crippen molar-refractivity contribution in [3.05, 3.63) is 46.2 Å². The topological polar surface area (TPSA) is 51.8 Å². The molecule has 2 aromatic rings. The second-order valence-corrected chi connectivity index (χ2v) is 5.18. The molecule has 0 fully saturated rings. The van der Waals surface area contributed by atoms with E-state index in [1.54, 1.807) is 11.3 Å². The Labute approximate surface area is 106 Å². The summed E-state index contributed by atoms with van der Waals surface area (Å²) in [6.07, 6.45) is 6.52. The van der Waals surface area contributed by atoms with E-state index in [1.807, 2.05) is 31.5 Å². The molecule has 0 radical (unpaired) electrons. The summed E-state index contributed by atoms with van der Waals surface area (Å²) in [6, 6.07) is 4.27. The molecule has 0 spiro atoms. The average Bonchev–Trinajstić information content (AvgIpc) is 2.73. The van der Waals surface area contributed by atoms with Crippen LogP contribution < -0.4 is 5.73 Å². The molecule has 2 heterocycles. The third kappa shape index (κ3) is 3.91. The van der Waals surface area contributed by atoms with Crippen molar-refractivity contribution in [3.63, 3.8) is 0 Å². The zero-order chi connectivity index (χ0) is 12.1. The molecule has 2 rings (SSSR count). The van der Waals surface area contributed by atoms with E-state index in [4.69, 9.17) is 5.73 Å². The van der Waals surface area contributed by atoms with Gasteiger partial charge in [-0.3, -0.25) is 4.98 Å². The lowest BCUT2D eigenvalue weighted by Gasteiger charge is -2.09. The van der Waals surface area contributed by atoms with E-state index >= 15 is 0 Å². The van der Waals surface area contributed by atoms with E-state index in [-0.39, 0.29) is 6.04 Å². The first kappa shape index (κ1) is 12.2. The first-order valence-corrected chi connectivity index (χ1v) is 6.67. The summed E-state index contributed by atoms with van der Waals surface area (Å²) in [6.45, 7) is 2.02. The molecule has 3 nitrogen and oxygen atoms in total. The lowest BCUT2D eigenvalue weighted by molar-refractivity contribution is 0.608. The predicted molar refractivity (Wildman–Crippen MR) is 71.1 cm³/mol. The SMILES string of the molecule is Cc1csc(CC(N)CCc2ccncc2)n1. The number of nitrogens with two attached hydrogens (primary N) is 1. The highest BCUT2D eigenvalue weighted by molar-refractivity contribution is 7.09. The van der Waals surface area contributed by atoms with E-state index in [2.05, 4.69) is 15.3 Å². The van der Waals surface area contributed by atoms with Crippen molar-refractivity contribution in [1.29, 1.82) is 0 Å². The second-order valence-electron chi connectivity index (χ2n) is 4.24. The molecule has 4 heteroatoms. The van der Waals surface area contributed by atoms with Crippen LogP contribution in [0.4, 0.5) is 0 Å². The van der Waals surface area contributed by atoms with Crippen molar-refractivity contribution in [2.75, 3.05) is 0 Å². The fourth-order valence-corrected chi connectivity index (χ4v) is 2.59. The minimum atomic E-state index is 0.189. The van der Waals surface area contributed by atoms with Gasteiger partial charge in [-0.15, -0.1) is 11.3 Å². The molecule has 2 aromatic heterocycles. The Morgan fingerprint density at radius 2 is 2.12 bits per heavy atom. The van der Waals surface area contributed by atoms with Gasteiger partial charge in [0.1, 0.15) is 0 Å². The number of thiazole rings is 1. The number of aryl methyl sites for hydroxylation is 2. The standard InChI is InChI=1S/C13H17N3S/c1-10-9-17-13(16-10)8-12(14)3-2-11-4-6-15-7-5-11/h4-7,9,12H,2-3,8,14H2,1H3. The Morgan fingerprint density at radius 3 is 2.76 bits per heavy atom. The van der Waals surface area contributed by atoms with E-state index in [1.165, 1.54) is 5.56 Å². The molecule has 0 aliphatic rings. The minimum Gasteiger partial charge on any atom is -0.327 e. The molecule has 90 valence electrons. The van der Waals surface area contributed by atoms with Gasteiger partial charge in [0, 0.05) is 35.9 Å². The normalized spacial score (nSPS) is 12.6. The van der Waals surface area contributed by atoms with Gasteiger partial charge in [0.25, 0.3) is 0 Å². The summed E-state index contributed by atoms with van der Waals surface area (Å²) in [7, 11) is 0. The molecule has 0 saturated carbocycles. The fraction of sp³-hybridized carbons (Fsp3) is 0.385. The highest BCUT2D eigenvalue weighted by Gasteiger charge is 2.07. The van der Waals surface area contributed by atoms with Crippen LogP contribution in [0.15, 0.2) is 29.9 Å². The molecule has 0 aliphatic heterocycles. The van der Waals surface area contributed by atoms with Crippen LogP contribution in [0.2, 0.25) is 0 Å².